The van der Waals surface area contributed by atoms with Gasteiger partial charge in [-0.2, -0.15) is 12.6 Å². The molecule has 0 spiro atoms. The van der Waals surface area contributed by atoms with Gasteiger partial charge >= 0.3 is 0 Å². The zero-order valence-electron chi connectivity index (χ0n) is 16.7. The molecule has 0 radical (unpaired) electrons. The van der Waals surface area contributed by atoms with Crippen LogP contribution < -0.4 is 9.47 Å². The van der Waals surface area contributed by atoms with Gasteiger partial charge in [-0.3, -0.25) is 9.69 Å². The van der Waals surface area contributed by atoms with E-state index in [0.29, 0.717) is 12.2 Å². The number of Topliss-reactive ketones (excluding diaryl/α,β-unsaturated/α-hetero) is 1. The molecule has 1 fully saturated rings. The van der Waals surface area contributed by atoms with E-state index < -0.39 is 0 Å². The van der Waals surface area contributed by atoms with Crippen molar-refractivity contribution in [2.45, 2.75) is 57.4 Å². The predicted octanol–water partition coefficient (Wildman–Crippen LogP) is 4.46. The van der Waals surface area contributed by atoms with E-state index in [1.165, 1.54) is 43.2 Å². The van der Waals surface area contributed by atoms with Crippen LogP contribution in [0.5, 0.6) is 11.5 Å². The molecule has 2 aliphatic rings. The standard InChI is InChI=1S/C22H33NO3S/c1-25-21-12-16-9-10-23-15-17(8-6-4-3-5-7-11-27)20(24)14-19(23)18(16)13-22(21)26-2/h12-13,17,19,27H,3-11,14-15H2,1-2H3/t17-,19-/m0/s1. The van der Waals surface area contributed by atoms with E-state index in [9.17, 15) is 4.79 Å². The number of hydrogen-bond acceptors (Lipinski definition) is 5. The Hall–Kier alpha value is -1.20. The summed E-state index contributed by atoms with van der Waals surface area (Å²) in [7, 11) is 3.34. The third kappa shape index (κ3) is 4.80. The van der Waals surface area contributed by atoms with Crippen LogP contribution in [0, 0.1) is 5.92 Å². The number of ether oxygens (including phenoxy) is 2. The highest BCUT2D eigenvalue weighted by molar-refractivity contribution is 7.80. The summed E-state index contributed by atoms with van der Waals surface area (Å²) in [6.45, 7) is 1.94. The van der Waals surface area contributed by atoms with Crippen molar-refractivity contribution < 1.29 is 14.3 Å². The lowest BCUT2D eigenvalue weighted by Gasteiger charge is -2.43. The van der Waals surface area contributed by atoms with Crippen molar-refractivity contribution in [2.75, 3.05) is 33.1 Å². The third-order valence-electron chi connectivity index (χ3n) is 6.13. The van der Waals surface area contributed by atoms with Crippen molar-refractivity contribution in [3.05, 3.63) is 23.3 Å². The topological polar surface area (TPSA) is 38.8 Å². The van der Waals surface area contributed by atoms with Crippen LogP contribution in [0.2, 0.25) is 0 Å². The Labute approximate surface area is 169 Å². The Morgan fingerprint density at radius 3 is 2.52 bits per heavy atom. The molecular formula is C22H33NO3S. The molecule has 1 aromatic rings. The van der Waals surface area contributed by atoms with Crippen LogP contribution >= 0.6 is 12.6 Å². The van der Waals surface area contributed by atoms with Gasteiger partial charge in [-0.05, 0) is 48.3 Å². The molecule has 2 heterocycles. The zero-order valence-corrected chi connectivity index (χ0v) is 17.6. The number of thiol groups is 1. The molecule has 2 aliphatic heterocycles. The zero-order chi connectivity index (χ0) is 19.2. The van der Waals surface area contributed by atoms with Gasteiger partial charge in [0.2, 0.25) is 0 Å². The fourth-order valence-corrected chi connectivity index (χ4v) is 4.79. The molecule has 0 amide bonds. The molecule has 4 nitrogen and oxygen atoms in total. The van der Waals surface area contributed by atoms with Crippen LogP contribution in [0.1, 0.15) is 62.1 Å². The van der Waals surface area contributed by atoms with Gasteiger partial charge in [-0.25, -0.2) is 0 Å². The van der Waals surface area contributed by atoms with E-state index in [0.717, 1.165) is 43.2 Å². The fraction of sp³-hybridized carbons (Fsp3) is 0.682. The molecule has 1 saturated heterocycles. The van der Waals surface area contributed by atoms with Gasteiger partial charge < -0.3 is 9.47 Å². The van der Waals surface area contributed by atoms with E-state index in [2.05, 4.69) is 29.7 Å². The average molecular weight is 392 g/mol. The Bertz CT molecular complexity index is 649. The summed E-state index contributed by atoms with van der Waals surface area (Å²) in [5.41, 5.74) is 2.54. The monoisotopic (exact) mass is 391 g/mol. The number of carbonyl (C=O) groups excluding carboxylic acids is 1. The summed E-state index contributed by atoms with van der Waals surface area (Å²) >= 11 is 4.26. The Morgan fingerprint density at radius 1 is 1.07 bits per heavy atom. The molecule has 2 atom stereocenters. The normalized spacial score (nSPS) is 22.3. The number of methoxy groups -OCH3 is 2. The Kier molecular flexibility index (Phi) is 7.48. The Morgan fingerprint density at radius 2 is 1.78 bits per heavy atom. The van der Waals surface area contributed by atoms with Crippen molar-refractivity contribution in [3.8, 4) is 11.5 Å². The van der Waals surface area contributed by atoms with Gasteiger partial charge in [0.1, 0.15) is 5.78 Å². The maximum atomic E-state index is 12.8. The van der Waals surface area contributed by atoms with E-state index in [-0.39, 0.29) is 12.0 Å². The quantitative estimate of drug-likeness (QED) is 0.498. The highest BCUT2D eigenvalue weighted by Gasteiger charge is 2.38. The minimum atomic E-state index is 0.202. The second kappa shape index (κ2) is 9.83. The largest absolute Gasteiger partial charge is 0.493 e. The van der Waals surface area contributed by atoms with Crippen molar-refractivity contribution in [1.29, 1.82) is 0 Å². The number of ketones is 1. The highest BCUT2D eigenvalue weighted by atomic mass is 32.1. The minimum absolute atomic E-state index is 0.202. The minimum Gasteiger partial charge on any atom is -0.493 e. The first kappa shape index (κ1) is 20.5. The summed E-state index contributed by atoms with van der Waals surface area (Å²) in [6, 6.07) is 4.38. The second-order valence-electron chi connectivity index (χ2n) is 7.81. The van der Waals surface area contributed by atoms with Crippen LogP contribution in [0.4, 0.5) is 0 Å². The summed E-state index contributed by atoms with van der Waals surface area (Å²) in [6.07, 6.45) is 8.82. The highest BCUT2D eigenvalue weighted by Crippen LogP contribution is 2.42. The number of rotatable bonds is 9. The molecular weight excluding hydrogens is 358 g/mol. The predicted molar refractivity (Wildman–Crippen MR) is 112 cm³/mol. The molecule has 150 valence electrons. The van der Waals surface area contributed by atoms with Gasteiger partial charge in [-0.15, -0.1) is 0 Å². The number of carbonyl (C=O) groups is 1. The first-order valence-corrected chi connectivity index (χ1v) is 10.9. The third-order valence-corrected chi connectivity index (χ3v) is 6.45. The molecule has 0 N–H and O–H groups in total. The number of piperidine rings is 1. The summed E-state index contributed by atoms with van der Waals surface area (Å²) < 4.78 is 10.9. The summed E-state index contributed by atoms with van der Waals surface area (Å²) in [4.78, 5) is 15.3. The first-order valence-electron chi connectivity index (χ1n) is 10.3. The second-order valence-corrected chi connectivity index (χ2v) is 8.26. The van der Waals surface area contributed by atoms with Crippen LogP contribution in [0.15, 0.2) is 12.1 Å². The molecule has 3 rings (SSSR count). The summed E-state index contributed by atoms with van der Waals surface area (Å²) in [5.74, 6) is 3.17. The molecule has 0 aromatic heterocycles. The van der Waals surface area contributed by atoms with Crippen molar-refractivity contribution in [3.63, 3.8) is 0 Å². The number of unbranched alkanes of at least 4 members (excludes halogenated alkanes) is 4. The van der Waals surface area contributed by atoms with Crippen LogP contribution in [0.3, 0.4) is 0 Å². The number of nitrogens with zero attached hydrogens (tertiary/aromatic N) is 1. The average Bonchev–Trinajstić information content (AvgIpc) is 2.69. The molecule has 0 saturated carbocycles. The van der Waals surface area contributed by atoms with Gasteiger partial charge in [0.05, 0.1) is 14.2 Å². The van der Waals surface area contributed by atoms with Crippen LogP contribution in [-0.4, -0.2) is 43.7 Å². The molecule has 0 bridgehead atoms. The lowest BCUT2D eigenvalue weighted by molar-refractivity contribution is -0.129. The number of benzene rings is 1. The van der Waals surface area contributed by atoms with Crippen LogP contribution in [-0.2, 0) is 11.2 Å². The summed E-state index contributed by atoms with van der Waals surface area (Å²) in [5, 5.41) is 0. The van der Waals surface area contributed by atoms with E-state index in [1.54, 1.807) is 14.2 Å². The van der Waals surface area contributed by atoms with Crippen molar-refractivity contribution >= 4 is 18.4 Å². The van der Waals surface area contributed by atoms with Gasteiger partial charge in [0.25, 0.3) is 0 Å². The molecule has 0 unspecified atom stereocenters. The Balaban J connectivity index is 1.62. The van der Waals surface area contributed by atoms with Gasteiger partial charge in [0, 0.05) is 31.5 Å². The van der Waals surface area contributed by atoms with Crippen molar-refractivity contribution in [2.24, 2.45) is 5.92 Å². The lowest BCUT2D eigenvalue weighted by atomic mass is 9.81. The fourth-order valence-electron chi connectivity index (χ4n) is 4.56. The van der Waals surface area contributed by atoms with E-state index in [4.69, 9.17) is 9.47 Å². The maximum absolute atomic E-state index is 12.8. The first-order chi connectivity index (χ1) is 13.2. The lowest BCUT2D eigenvalue weighted by Crippen LogP contribution is -2.46. The smallest absolute Gasteiger partial charge is 0.161 e. The van der Waals surface area contributed by atoms with Gasteiger partial charge in [0.15, 0.2) is 11.5 Å². The molecule has 0 aliphatic carbocycles. The van der Waals surface area contributed by atoms with Crippen molar-refractivity contribution in [1.82, 2.24) is 4.90 Å². The maximum Gasteiger partial charge on any atom is 0.161 e. The number of hydrogen-bond donors (Lipinski definition) is 1. The number of fused-ring (bicyclic) bond motifs is 3. The SMILES string of the molecule is COc1cc2c(cc1OC)[C@@H]1CC(=O)[C@@H](CCCCCCCS)CN1CC2. The van der Waals surface area contributed by atoms with Gasteiger partial charge in [-0.1, -0.05) is 25.7 Å². The van der Waals surface area contributed by atoms with E-state index >= 15 is 0 Å². The molecule has 27 heavy (non-hydrogen) atoms. The van der Waals surface area contributed by atoms with E-state index in [1.807, 2.05) is 0 Å². The molecule has 5 heteroatoms. The molecule has 1 aromatic carbocycles. The van der Waals surface area contributed by atoms with Crippen LogP contribution in [0.25, 0.3) is 0 Å².